The monoisotopic (exact) mass is 473 g/mol. The number of thiophene rings is 1. The normalized spacial score (nSPS) is 21.5. The van der Waals surface area contributed by atoms with Crippen LogP contribution in [-0.4, -0.2) is 66.5 Å². The summed E-state index contributed by atoms with van der Waals surface area (Å²) in [6, 6.07) is 7.60. The van der Waals surface area contributed by atoms with Crippen molar-refractivity contribution in [3.8, 4) is 0 Å². The fourth-order valence-corrected chi connectivity index (χ4v) is 5.74. The second kappa shape index (κ2) is 9.61. The number of ether oxygens (including phenoxy) is 1. The van der Waals surface area contributed by atoms with Crippen molar-refractivity contribution in [2.75, 3.05) is 33.4 Å². The molecule has 0 aliphatic carbocycles. The van der Waals surface area contributed by atoms with Gasteiger partial charge in [0.25, 0.3) is 11.8 Å². The number of nitrogens with one attached hydrogen (secondary N) is 1. The zero-order chi connectivity index (χ0) is 23.6. The number of hydrogen-bond donors (Lipinski definition) is 1. The highest BCUT2D eigenvalue weighted by molar-refractivity contribution is 7.12. The van der Waals surface area contributed by atoms with Crippen LogP contribution in [0.5, 0.6) is 0 Å². The van der Waals surface area contributed by atoms with E-state index in [9.17, 15) is 18.8 Å². The lowest BCUT2D eigenvalue weighted by Crippen LogP contribution is -2.58. The summed E-state index contributed by atoms with van der Waals surface area (Å²) in [5, 5.41) is 4.86. The average Bonchev–Trinajstić information content (AvgIpc) is 3.33. The highest BCUT2D eigenvalue weighted by Crippen LogP contribution is 2.37. The lowest BCUT2D eigenvalue weighted by Gasteiger charge is -2.41. The second-order valence-corrected chi connectivity index (χ2v) is 9.57. The molecule has 33 heavy (non-hydrogen) atoms. The molecule has 4 amide bonds. The molecular weight excluding hydrogens is 445 g/mol. The van der Waals surface area contributed by atoms with E-state index < -0.39 is 11.6 Å². The molecule has 9 heteroatoms. The highest BCUT2D eigenvalue weighted by atomic mass is 32.1. The van der Waals surface area contributed by atoms with Gasteiger partial charge in [0.1, 0.15) is 11.4 Å². The first-order valence-electron chi connectivity index (χ1n) is 11.1. The predicted molar refractivity (Wildman–Crippen MR) is 123 cm³/mol. The predicted octanol–water partition coefficient (Wildman–Crippen LogP) is 3.23. The van der Waals surface area contributed by atoms with Crippen LogP contribution < -0.4 is 5.32 Å². The number of aryl methyl sites for hydroxylation is 1. The molecular formula is C24H28FN3O4S. The van der Waals surface area contributed by atoms with Crippen molar-refractivity contribution in [3.05, 3.63) is 57.5 Å². The van der Waals surface area contributed by atoms with E-state index in [0.29, 0.717) is 31.5 Å². The number of carbonyl (C=O) groups excluding carboxylic acids is 3. The van der Waals surface area contributed by atoms with Gasteiger partial charge in [0, 0.05) is 26.6 Å². The van der Waals surface area contributed by atoms with Crippen molar-refractivity contribution in [2.45, 2.75) is 31.7 Å². The number of urea groups is 1. The van der Waals surface area contributed by atoms with E-state index in [1.807, 2.05) is 23.3 Å². The van der Waals surface area contributed by atoms with Gasteiger partial charge >= 0.3 is 6.03 Å². The topological polar surface area (TPSA) is 79.0 Å². The molecule has 7 nitrogen and oxygen atoms in total. The number of benzene rings is 1. The maximum atomic E-state index is 13.9. The molecule has 3 heterocycles. The van der Waals surface area contributed by atoms with Crippen LogP contribution in [0, 0.1) is 18.7 Å². The first kappa shape index (κ1) is 23.4. The number of carbonyl (C=O) groups is 3. The lowest BCUT2D eigenvalue weighted by molar-refractivity contribution is -0.134. The van der Waals surface area contributed by atoms with Gasteiger partial charge in [-0.25, -0.2) is 9.18 Å². The number of imide groups is 1. The minimum atomic E-state index is -1.17. The summed E-state index contributed by atoms with van der Waals surface area (Å²) in [5.41, 5.74) is 0.429. The number of nitrogens with zero attached hydrogens (tertiary/aromatic N) is 2. The molecule has 1 aromatic carbocycles. The molecule has 2 aliphatic rings. The van der Waals surface area contributed by atoms with Crippen LogP contribution in [0.1, 0.15) is 33.6 Å². The largest absolute Gasteiger partial charge is 0.383 e. The van der Waals surface area contributed by atoms with E-state index in [1.165, 1.54) is 35.5 Å². The standard InChI is InChI=1S/C24H28FN3O4S/c1-16-8-13-33-20(16)21(29)27-9-6-18(7-10-27)24(15-17-4-3-5-19(25)14-17)22(30)28(11-12-32-2)23(31)26-24/h3-5,8,13-14,18H,6-7,9-12,15H2,1-2H3,(H,26,31). The van der Waals surface area contributed by atoms with Gasteiger partial charge < -0.3 is 15.0 Å². The van der Waals surface area contributed by atoms with Crippen molar-refractivity contribution >= 4 is 29.2 Å². The zero-order valence-corrected chi connectivity index (χ0v) is 19.6. The Kier molecular flexibility index (Phi) is 6.81. The van der Waals surface area contributed by atoms with Crippen LogP contribution in [-0.2, 0) is 16.0 Å². The summed E-state index contributed by atoms with van der Waals surface area (Å²) in [5.74, 6) is -0.878. The van der Waals surface area contributed by atoms with Crippen LogP contribution >= 0.6 is 11.3 Å². The molecule has 4 rings (SSSR count). The molecule has 2 aliphatic heterocycles. The van der Waals surface area contributed by atoms with Crippen LogP contribution in [0.2, 0.25) is 0 Å². The number of rotatable bonds is 7. The van der Waals surface area contributed by atoms with Crippen molar-refractivity contribution in [1.82, 2.24) is 15.1 Å². The van der Waals surface area contributed by atoms with E-state index >= 15 is 0 Å². The third-order valence-corrected chi connectivity index (χ3v) is 7.63. The number of methoxy groups -OCH3 is 1. The van der Waals surface area contributed by atoms with Crippen LogP contribution in [0.3, 0.4) is 0 Å². The maximum absolute atomic E-state index is 13.9. The average molecular weight is 474 g/mol. The molecule has 0 spiro atoms. The third-order valence-electron chi connectivity index (χ3n) is 6.63. The number of piperidine rings is 1. The summed E-state index contributed by atoms with van der Waals surface area (Å²) >= 11 is 1.43. The molecule has 2 aromatic rings. The Bertz CT molecular complexity index is 1050. The van der Waals surface area contributed by atoms with Crippen molar-refractivity contribution in [1.29, 1.82) is 0 Å². The van der Waals surface area contributed by atoms with Gasteiger partial charge in [-0.1, -0.05) is 12.1 Å². The van der Waals surface area contributed by atoms with Crippen molar-refractivity contribution in [2.24, 2.45) is 5.92 Å². The van der Waals surface area contributed by atoms with Crippen molar-refractivity contribution in [3.63, 3.8) is 0 Å². The molecule has 176 valence electrons. The Morgan fingerprint density at radius 2 is 2.03 bits per heavy atom. The quantitative estimate of drug-likeness (QED) is 0.627. The van der Waals surface area contributed by atoms with Crippen LogP contribution in [0.15, 0.2) is 35.7 Å². The van der Waals surface area contributed by atoms with Gasteiger partial charge in [0.2, 0.25) is 0 Å². The zero-order valence-electron chi connectivity index (χ0n) is 18.8. The summed E-state index contributed by atoms with van der Waals surface area (Å²) in [6.45, 7) is 3.30. The second-order valence-electron chi connectivity index (χ2n) is 8.66. The Morgan fingerprint density at radius 3 is 2.67 bits per heavy atom. The molecule has 0 saturated carbocycles. The summed E-state index contributed by atoms with van der Waals surface area (Å²) < 4.78 is 19.0. The molecule has 0 bridgehead atoms. The smallest absolute Gasteiger partial charge is 0.325 e. The Balaban J connectivity index is 1.57. The number of amides is 4. The van der Waals surface area contributed by atoms with Gasteiger partial charge in [-0.05, 0) is 60.4 Å². The van der Waals surface area contributed by atoms with Crippen LogP contribution in [0.25, 0.3) is 0 Å². The van der Waals surface area contributed by atoms with Gasteiger partial charge in [-0.3, -0.25) is 14.5 Å². The first-order valence-corrected chi connectivity index (χ1v) is 11.9. The van der Waals surface area contributed by atoms with Gasteiger partial charge in [0.05, 0.1) is 18.0 Å². The van der Waals surface area contributed by atoms with Gasteiger partial charge in [0.15, 0.2) is 0 Å². The molecule has 1 N–H and O–H groups in total. The summed E-state index contributed by atoms with van der Waals surface area (Å²) in [4.78, 5) is 43.0. The first-order chi connectivity index (χ1) is 15.9. The Labute approximate surface area is 196 Å². The van der Waals surface area contributed by atoms with E-state index in [-0.39, 0.29) is 43.1 Å². The van der Waals surface area contributed by atoms with E-state index in [2.05, 4.69) is 5.32 Å². The van der Waals surface area contributed by atoms with E-state index in [0.717, 1.165) is 10.4 Å². The number of hydrogen-bond acceptors (Lipinski definition) is 5. The Hall–Kier alpha value is -2.78. The van der Waals surface area contributed by atoms with Gasteiger partial charge in [-0.15, -0.1) is 11.3 Å². The Morgan fingerprint density at radius 1 is 1.27 bits per heavy atom. The SMILES string of the molecule is COCCN1C(=O)NC(Cc2cccc(F)c2)(C2CCN(C(=O)c3sccc3C)CC2)C1=O. The van der Waals surface area contributed by atoms with Gasteiger partial charge in [-0.2, -0.15) is 0 Å². The van der Waals surface area contributed by atoms with E-state index in [4.69, 9.17) is 4.74 Å². The third kappa shape index (κ3) is 4.52. The summed E-state index contributed by atoms with van der Waals surface area (Å²) in [7, 11) is 1.51. The van der Waals surface area contributed by atoms with Crippen molar-refractivity contribution < 1.29 is 23.5 Å². The number of likely N-dealkylation sites (tertiary alicyclic amines) is 1. The lowest BCUT2D eigenvalue weighted by atomic mass is 9.74. The molecule has 2 fully saturated rings. The van der Waals surface area contributed by atoms with E-state index in [1.54, 1.807) is 12.1 Å². The molecule has 1 unspecified atom stereocenters. The molecule has 1 atom stereocenters. The van der Waals surface area contributed by atoms with Crippen LogP contribution in [0.4, 0.5) is 9.18 Å². The number of halogens is 1. The highest BCUT2D eigenvalue weighted by Gasteiger charge is 2.56. The molecule has 0 radical (unpaired) electrons. The maximum Gasteiger partial charge on any atom is 0.325 e. The summed E-state index contributed by atoms with van der Waals surface area (Å²) in [6.07, 6.45) is 1.33. The molecule has 1 aromatic heterocycles. The fraction of sp³-hybridized carbons (Fsp3) is 0.458. The minimum absolute atomic E-state index is 0.00337. The fourth-order valence-electron chi connectivity index (χ4n) is 4.85. The molecule has 2 saturated heterocycles. The minimum Gasteiger partial charge on any atom is -0.383 e.